The zero-order valence-electron chi connectivity index (χ0n) is 17.6. The Kier molecular flexibility index (Phi) is 21.3. The van der Waals surface area contributed by atoms with Crippen LogP contribution in [0.3, 0.4) is 0 Å². The molecule has 0 fully saturated rings. The van der Waals surface area contributed by atoms with Gasteiger partial charge in [0.1, 0.15) is 40.5 Å². The van der Waals surface area contributed by atoms with Gasteiger partial charge >= 0.3 is 206 Å². The molecule has 0 spiro atoms. The second-order valence-electron chi connectivity index (χ2n) is 5.37. The molecule has 0 bridgehead atoms. The largest absolute Gasteiger partial charge is 1.00 e. The number of hydrogen-bond donors (Lipinski definition) is 0. The van der Waals surface area contributed by atoms with E-state index < -0.39 is 80.1 Å². The topological polar surface area (TPSA) is 229 Å². The van der Waals surface area contributed by atoms with Crippen LogP contribution in [0.4, 0.5) is 0 Å². The SMILES string of the molecule is O=S(=O)([O-])c1cc(Br)cc(S(=O)(=O)[O-])c1-c1c(S(=O)(=O)[O-])cc(Br)cc1S(=O)(=O)[O-].[K+].[K+].[K+].[K+]. The molecule has 0 saturated heterocycles. The molecular weight excluding hydrogens is 781 g/mol. The molecule has 0 amide bonds. The van der Waals surface area contributed by atoms with Crippen molar-refractivity contribution in [1.82, 2.24) is 0 Å². The number of rotatable bonds is 5. The van der Waals surface area contributed by atoms with E-state index in [1.54, 1.807) is 0 Å². The van der Waals surface area contributed by atoms with Gasteiger partial charge in [-0.05, 0) is 24.3 Å². The maximum atomic E-state index is 11.7. The van der Waals surface area contributed by atoms with Gasteiger partial charge in [-0.3, -0.25) is 0 Å². The van der Waals surface area contributed by atoms with Crippen molar-refractivity contribution in [2.45, 2.75) is 19.6 Å². The van der Waals surface area contributed by atoms with Crippen LogP contribution in [0, 0.1) is 0 Å². The Morgan fingerprint density at radius 2 is 0.588 bits per heavy atom. The molecule has 0 saturated carbocycles. The molecule has 34 heavy (non-hydrogen) atoms. The smallest absolute Gasteiger partial charge is 0.744 e. The molecule has 0 aromatic heterocycles. The molecular formula is C12H4Br2K4O12S4. The monoisotopic (exact) mass is 782 g/mol. The quantitative estimate of drug-likeness (QED) is 0.204. The van der Waals surface area contributed by atoms with E-state index in [-0.39, 0.29) is 206 Å². The minimum Gasteiger partial charge on any atom is -0.744 e. The van der Waals surface area contributed by atoms with Crippen molar-refractivity contribution in [2.24, 2.45) is 0 Å². The van der Waals surface area contributed by atoms with Crippen molar-refractivity contribution in [1.29, 1.82) is 0 Å². The van der Waals surface area contributed by atoms with Crippen molar-refractivity contribution in [2.75, 3.05) is 0 Å². The summed E-state index contributed by atoms with van der Waals surface area (Å²) in [5.41, 5.74) is -3.08. The van der Waals surface area contributed by atoms with Gasteiger partial charge < -0.3 is 18.2 Å². The fourth-order valence-corrected chi connectivity index (χ4v) is 6.98. The standard InChI is InChI=1S/C12H8Br2O12S4.4K/c13-5-1-7(27(15,16)17)11(8(2-5)28(18,19)20)12-9(29(21,22)23)3-6(14)4-10(12)30(24,25)26;;;;/h1-4H,(H,15,16,17)(H,18,19,20)(H,21,22,23)(H,24,25,26);;;;/q;4*+1/p-4. The first-order valence-electron chi connectivity index (χ1n) is 6.75. The van der Waals surface area contributed by atoms with Gasteiger partial charge in [-0.15, -0.1) is 0 Å². The first-order valence-corrected chi connectivity index (χ1v) is 14.0. The molecule has 0 atom stereocenters. The van der Waals surface area contributed by atoms with Crippen LogP contribution in [0.15, 0.2) is 52.8 Å². The van der Waals surface area contributed by atoms with E-state index in [1.807, 2.05) is 0 Å². The van der Waals surface area contributed by atoms with Crippen LogP contribution in [0.25, 0.3) is 11.1 Å². The Bertz CT molecular complexity index is 1290. The molecule has 2 aromatic rings. The maximum absolute atomic E-state index is 11.7. The average Bonchev–Trinajstić information content (AvgIpc) is 2.50. The molecule has 0 heterocycles. The van der Waals surface area contributed by atoms with Crippen molar-refractivity contribution < 1.29 is 257 Å². The Hall–Kier alpha value is 5.59. The molecule has 22 heteroatoms. The van der Waals surface area contributed by atoms with Crippen molar-refractivity contribution in [3.63, 3.8) is 0 Å². The van der Waals surface area contributed by atoms with E-state index in [4.69, 9.17) is 0 Å². The fourth-order valence-electron chi connectivity index (χ4n) is 2.40. The Labute approximate surface area is 382 Å². The van der Waals surface area contributed by atoms with Crippen molar-refractivity contribution in [3.8, 4) is 11.1 Å². The third-order valence-corrected chi connectivity index (χ3v) is 7.75. The summed E-state index contributed by atoms with van der Waals surface area (Å²) in [6.45, 7) is 0. The van der Waals surface area contributed by atoms with E-state index in [0.29, 0.717) is 24.3 Å². The summed E-state index contributed by atoms with van der Waals surface area (Å²) in [6.07, 6.45) is 0. The second kappa shape index (κ2) is 16.4. The molecule has 0 aliphatic heterocycles. The van der Waals surface area contributed by atoms with Gasteiger partial charge in [-0.2, -0.15) is 0 Å². The van der Waals surface area contributed by atoms with E-state index >= 15 is 0 Å². The Balaban J connectivity index is -0.00000240. The normalized spacial score (nSPS) is 11.8. The average molecular weight is 785 g/mol. The van der Waals surface area contributed by atoms with Gasteiger partial charge in [0.05, 0.1) is 19.6 Å². The summed E-state index contributed by atoms with van der Waals surface area (Å²) < 4.78 is 140. The molecule has 2 aromatic carbocycles. The predicted octanol–water partition coefficient (Wildman–Crippen LogP) is -11.5. The zero-order chi connectivity index (χ0) is 23.4. The molecule has 0 N–H and O–H groups in total. The molecule has 0 unspecified atom stereocenters. The molecule has 166 valence electrons. The van der Waals surface area contributed by atoms with Gasteiger partial charge in [0.25, 0.3) is 0 Å². The minimum atomic E-state index is -5.71. The zero-order valence-corrected chi connectivity index (χ0v) is 36.5. The number of benzene rings is 2. The van der Waals surface area contributed by atoms with Crippen LogP contribution < -0.4 is 206 Å². The van der Waals surface area contributed by atoms with Crippen LogP contribution in [-0.2, 0) is 40.5 Å². The fraction of sp³-hybridized carbons (Fsp3) is 0. The van der Waals surface area contributed by atoms with E-state index in [0.717, 1.165) is 0 Å². The van der Waals surface area contributed by atoms with Crippen molar-refractivity contribution >= 4 is 72.3 Å². The second-order valence-corrected chi connectivity index (χ2v) is 12.6. The van der Waals surface area contributed by atoms with Gasteiger partial charge in [-0.1, -0.05) is 31.9 Å². The molecule has 0 aliphatic carbocycles. The molecule has 12 nitrogen and oxygen atoms in total. The van der Waals surface area contributed by atoms with Crippen LogP contribution in [0.1, 0.15) is 0 Å². The first kappa shape index (κ1) is 44.0. The number of hydrogen-bond acceptors (Lipinski definition) is 12. The van der Waals surface area contributed by atoms with Crippen LogP contribution in [0.5, 0.6) is 0 Å². The van der Waals surface area contributed by atoms with E-state index in [9.17, 15) is 51.9 Å². The summed E-state index contributed by atoms with van der Waals surface area (Å²) in [5, 5.41) is 0. The molecule has 2 rings (SSSR count). The van der Waals surface area contributed by atoms with Crippen molar-refractivity contribution in [3.05, 3.63) is 33.2 Å². The first-order chi connectivity index (χ1) is 13.2. The van der Waals surface area contributed by atoms with E-state index in [1.165, 1.54) is 0 Å². The maximum Gasteiger partial charge on any atom is 1.00 e. The Morgan fingerprint density at radius 3 is 0.706 bits per heavy atom. The molecule has 0 radical (unpaired) electrons. The van der Waals surface area contributed by atoms with Crippen LogP contribution in [-0.4, -0.2) is 51.9 Å². The van der Waals surface area contributed by atoms with E-state index in [2.05, 4.69) is 31.9 Å². The Morgan fingerprint density at radius 1 is 0.441 bits per heavy atom. The number of halogens is 2. The van der Waals surface area contributed by atoms with Gasteiger partial charge in [0.15, 0.2) is 0 Å². The minimum absolute atomic E-state index is 0. The summed E-state index contributed by atoms with van der Waals surface area (Å²) >= 11 is 5.32. The molecule has 0 aliphatic rings. The van der Waals surface area contributed by atoms with Crippen LogP contribution in [0.2, 0.25) is 0 Å². The van der Waals surface area contributed by atoms with Gasteiger partial charge in [0.2, 0.25) is 0 Å². The summed E-state index contributed by atoms with van der Waals surface area (Å²) in [7, 11) is -22.8. The van der Waals surface area contributed by atoms with Gasteiger partial charge in [-0.25, -0.2) is 33.7 Å². The van der Waals surface area contributed by atoms with Crippen LogP contribution >= 0.6 is 31.9 Å². The summed E-state index contributed by atoms with van der Waals surface area (Å²) in [5.74, 6) is 0. The third kappa shape index (κ3) is 11.7. The predicted molar refractivity (Wildman–Crippen MR) is 99.1 cm³/mol. The van der Waals surface area contributed by atoms with Gasteiger partial charge in [0, 0.05) is 20.1 Å². The summed E-state index contributed by atoms with van der Waals surface area (Å²) in [6, 6.07) is 1.77. The third-order valence-electron chi connectivity index (χ3n) is 3.39. The summed E-state index contributed by atoms with van der Waals surface area (Å²) in [4.78, 5) is -6.27.